The fourth-order valence-electron chi connectivity index (χ4n) is 1.78. The maximum atomic E-state index is 11.8. The molecule has 1 aromatic rings. The Morgan fingerprint density at radius 3 is 2.35 bits per heavy atom. The third-order valence-corrected chi connectivity index (χ3v) is 3.00. The molecular formula is C17H29ClN2O3. The summed E-state index contributed by atoms with van der Waals surface area (Å²) < 4.78 is 5.63. The summed E-state index contributed by atoms with van der Waals surface area (Å²) >= 11 is 0. The van der Waals surface area contributed by atoms with Gasteiger partial charge in [0.2, 0.25) is 0 Å². The molecule has 23 heavy (non-hydrogen) atoms. The number of aliphatic hydroxyl groups excluding tert-OH is 1. The minimum Gasteiger partial charge on any atom is -0.483 e. The molecule has 0 fully saturated rings. The normalized spacial score (nSPS) is 11.6. The fourth-order valence-corrected chi connectivity index (χ4v) is 1.78. The lowest BCUT2D eigenvalue weighted by Crippen LogP contribution is -2.43. The monoisotopic (exact) mass is 344 g/mol. The molecule has 0 atom stereocenters. The van der Waals surface area contributed by atoms with Crippen LogP contribution in [0.2, 0.25) is 0 Å². The third kappa shape index (κ3) is 8.79. The van der Waals surface area contributed by atoms with Gasteiger partial charge < -0.3 is 20.5 Å². The second kappa shape index (κ2) is 9.11. The summed E-state index contributed by atoms with van der Waals surface area (Å²) in [5.74, 6) is 0.527. The van der Waals surface area contributed by atoms with Gasteiger partial charge in [-0.15, -0.1) is 12.4 Å². The van der Waals surface area contributed by atoms with Crippen LogP contribution in [-0.4, -0.2) is 35.3 Å². The number of aliphatic hydroxyl groups is 1. The van der Waals surface area contributed by atoms with Crippen molar-refractivity contribution in [3.8, 4) is 5.75 Å². The molecule has 1 amide bonds. The van der Waals surface area contributed by atoms with Gasteiger partial charge in [0.05, 0.1) is 6.61 Å². The third-order valence-electron chi connectivity index (χ3n) is 3.00. The van der Waals surface area contributed by atoms with E-state index in [2.05, 4.69) is 10.6 Å². The first-order valence-electron chi connectivity index (χ1n) is 7.50. The van der Waals surface area contributed by atoms with E-state index in [1.165, 1.54) is 0 Å². The zero-order valence-electron chi connectivity index (χ0n) is 14.6. The van der Waals surface area contributed by atoms with E-state index in [9.17, 15) is 9.90 Å². The van der Waals surface area contributed by atoms with Crippen molar-refractivity contribution in [2.75, 3.05) is 13.2 Å². The number of halogens is 1. The van der Waals surface area contributed by atoms with Gasteiger partial charge in [0.15, 0.2) is 6.61 Å². The molecule has 0 radical (unpaired) electrons. The number of para-hydroxylation sites is 1. The van der Waals surface area contributed by atoms with Crippen molar-refractivity contribution in [3.05, 3.63) is 29.8 Å². The largest absolute Gasteiger partial charge is 0.483 e. The Hall–Kier alpha value is -1.30. The van der Waals surface area contributed by atoms with E-state index >= 15 is 0 Å². The van der Waals surface area contributed by atoms with Gasteiger partial charge in [0, 0.05) is 23.2 Å². The predicted molar refractivity (Wildman–Crippen MR) is 95.1 cm³/mol. The molecule has 0 aliphatic heterocycles. The number of hydrogen-bond acceptors (Lipinski definition) is 4. The number of nitrogens with one attached hydrogen (secondary N) is 2. The highest BCUT2D eigenvalue weighted by atomic mass is 35.5. The number of amides is 1. The van der Waals surface area contributed by atoms with Gasteiger partial charge in [0.1, 0.15) is 5.75 Å². The van der Waals surface area contributed by atoms with E-state index in [-0.39, 0.29) is 42.6 Å². The Bertz CT molecular complexity index is 499. The highest BCUT2D eigenvalue weighted by Gasteiger charge is 2.17. The summed E-state index contributed by atoms with van der Waals surface area (Å²) in [4.78, 5) is 11.8. The van der Waals surface area contributed by atoms with Crippen molar-refractivity contribution in [1.29, 1.82) is 0 Å². The highest BCUT2D eigenvalue weighted by Crippen LogP contribution is 2.18. The fraction of sp³-hybridized carbons (Fsp3) is 0.588. The van der Waals surface area contributed by atoms with Crippen LogP contribution in [0, 0.1) is 0 Å². The van der Waals surface area contributed by atoms with Crippen LogP contribution in [0.15, 0.2) is 24.3 Å². The second-order valence-corrected chi connectivity index (χ2v) is 7.09. The molecule has 0 aromatic heterocycles. The first-order chi connectivity index (χ1) is 10.1. The Morgan fingerprint density at radius 1 is 1.17 bits per heavy atom. The van der Waals surface area contributed by atoms with Crippen LogP contribution < -0.4 is 15.4 Å². The molecule has 1 rings (SSSR count). The van der Waals surface area contributed by atoms with Gasteiger partial charge in [-0.25, -0.2) is 0 Å². The number of carbonyl (C=O) groups is 1. The zero-order chi connectivity index (χ0) is 16.8. The van der Waals surface area contributed by atoms with Crippen LogP contribution in [0.3, 0.4) is 0 Å². The quantitative estimate of drug-likeness (QED) is 0.709. The average Bonchev–Trinajstić information content (AvgIpc) is 2.42. The number of benzene rings is 1. The molecule has 0 aliphatic carbocycles. The zero-order valence-corrected chi connectivity index (χ0v) is 15.4. The van der Waals surface area contributed by atoms with Crippen molar-refractivity contribution in [2.45, 2.75) is 52.2 Å². The van der Waals surface area contributed by atoms with Gasteiger partial charge in [-0.05, 0) is 40.7 Å². The van der Waals surface area contributed by atoms with E-state index in [4.69, 9.17) is 4.74 Å². The molecule has 5 nitrogen and oxygen atoms in total. The summed E-state index contributed by atoms with van der Waals surface area (Å²) in [6, 6.07) is 7.58. The van der Waals surface area contributed by atoms with Gasteiger partial charge in [-0.1, -0.05) is 18.2 Å². The number of rotatable bonds is 7. The molecule has 0 bridgehead atoms. The average molecular weight is 345 g/mol. The van der Waals surface area contributed by atoms with Crippen molar-refractivity contribution < 1.29 is 14.6 Å². The maximum absolute atomic E-state index is 11.8. The molecule has 0 spiro atoms. The highest BCUT2D eigenvalue weighted by molar-refractivity contribution is 5.85. The number of carbonyl (C=O) groups excluding carboxylic acids is 1. The minimum absolute atomic E-state index is 0. The smallest absolute Gasteiger partial charge is 0.258 e. The Balaban J connectivity index is 0.00000484. The first-order valence-corrected chi connectivity index (χ1v) is 7.50. The molecule has 0 heterocycles. The number of hydrogen-bond donors (Lipinski definition) is 3. The van der Waals surface area contributed by atoms with Crippen LogP contribution in [0.1, 0.15) is 40.2 Å². The van der Waals surface area contributed by atoms with Crippen LogP contribution in [0.25, 0.3) is 0 Å². The maximum Gasteiger partial charge on any atom is 0.258 e. The Kier molecular flexibility index (Phi) is 8.59. The SMILES string of the molecule is CC(C)(C)NC(=O)COc1ccccc1CNC(C)(C)CO.Cl. The molecular weight excluding hydrogens is 316 g/mol. The molecule has 132 valence electrons. The topological polar surface area (TPSA) is 70.6 Å². The minimum atomic E-state index is -0.364. The van der Waals surface area contributed by atoms with Crippen LogP contribution >= 0.6 is 12.4 Å². The summed E-state index contributed by atoms with van der Waals surface area (Å²) in [6.45, 7) is 10.2. The van der Waals surface area contributed by atoms with Crippen molar-refractivity contribution in [3.63, 3.8) is 0 Å². The second-order valence-electron chi connectivity index (χ2n) is 7.09. The van der Waals surface area contributed by atoms with Crippen molar-refractivity contribution in [2.24, 2.45) is 0 Å². The van der Waals surface area contributed by atoms with Gasteiger partial charge >= 0.3 is 0 Å². The lowest BCUT2D eigenvalue weighted by Gasteiger charge is -2.24. The summed E-state index contributed by atoms with van der Waals surface area (Å²) in [5, 5.41) is 15.4. The summed E-state index contributed by atoms with van der Waals surface area (Å²) in [5.41, 5.74) is 0.316. The van der Waals surface area contributed by atoms with Crippen molar-refractivity contribution in [1.82, 2.24) is 10.6 Å². The molecule has 0 aliphatic rings. The first kappa shape index (κ1) is 21.7. The standard InChI is InChI=1S/C17H28N2O3.ClH/c1-16(2,3)19-15(21)11-22-14-9-7-6-8-13(14)10-18-17(4,5)12-20;/h6-9,18,20H,10-12H2,1-5H3,(H,19,21);1H. The van der Waals surface area contributed by atoms with Gasteiger partial charge in [-0.2, -0.15) is 0 Å². The van der Waals surface area contributed by atoms with E-state index in [1.54, 1.807) is 0 Å². The number of ether oxygens (including phenoxy) is 1. The summed E-state index contributed by atoms with van der Waals surface area (Å²) in [7, 11) is 0. The van der Waals surface area contributed by atoms with E-state index in [0.717, 1.165) is 5.56 Å². The van der Waals surface area contributed by atoms with Gasteiger partial charge in [-0.3, -0.25) is 4.79 Å². The van der Waals surface area contributed by atoms with E-state index < -0.39 is 0 Å². The molecule has 0 saturated heterocycles. The van der Waals surface area contributed by atoms with E-state index in [0.29, 0.717) is 12.3 Å². The molecule has 0 unspecified atom stereocenters. The molecule has 6 heteroatoms. The Labute approximate surface area is 145 Å². The summed E-state index contributed by atoms with van der Waals surface area (Å²) in [6.07, 6.45) is 0. The van der Waals surface area contributed by atoms with Crippen LogP contribution in [0.4, 0.5) is 0 Å². The van der Waals surface area contributed by atoms with E-state index in [1.807, 2.05) is 58.9 Å². The van der Waals surface area contributed by atoms with Gasteiger partial charge in [0.25, 0.3) is 5.91 Å². The van der Waals surface area contributed by atoms with Crippen LogP contribution in [0.5, 0.6) is 5.75 Å². The molecule has 1 aromatic carbocycles. The van der Waals surface area contributed by atoms with Crippen molar-refractivity contribution >= 4 is 18.3 Å². The Morgan fingerprint density at radius 2 is 1.78 bits per heavy atom. The lowest BCUT2D eigenvalue weighted by molar-refractivity contribution is -0.124. The van der Waals surface area contributed by atoms with Crippen LogP contribution in [-0.2, 0) is 11.3 Å². The molecule has 0 saturated carbocycles. The molecule has 3 N–H and O–H groups in total. The predicted octanol–water partition coefficient (Wildman–Crippen LogP) is 2.26. The lowest BCUT2D eigenvalue weighted by atomic mass is 10.1.